The van der Waals surface area contributed by atoms with Gasteiger partial charge in [0.05, 0.1) is 6.04 Å². The van der Waals surface area contributed by atoms with E-state index in [0.717, 1.165) is 11.1 Å². The molecule has 90 valence electrons. The Balaban J connectivity index is 2.33. The van der Waals surface area contributed by atoms with Crippen molar-refractivity contribution in [2.45, 2.75) is 19.9 Å². The molecule has 5 nitrogen and oxygen atoms in total. The fourth-order valence-corrected chi connectivity index (χ4v) is 1.39. The minimum atomic E-state index is 0.00953. The van der Waals surface area contributed by atoms with Gasteiger partial charge in [-0.3, -0.25) is 0 Å². The zero-order chi connectivity index (χ0) is 12.4. The third kappa shape index (κ3) is 2.29. The van der Waals surface area contributed by atoms with Gasteiger partial charge >= 0.3 is 0 Å². The van der Waals surface area contributed by atoms with Crippen molar-refractivity contribution in [1.82, 2.24) is 15.5 Å². The predicted octanol–water partition coefficient (Wildman–Crippen LogP) is 2.03. The van der Waals surface area contributed by atoms with Crippen LogP contribution in [0.2, 0.25) is 0 Å². The second-order valence-corrected chi connectivity index (χ2v) is 3.96. The van der Waals surface area contributed by atoms with Crippen molar-refractivity contribution in [3.05, 3.63) is 29.7 Å². The second-order valence-electron chi connectivity index (χ2n) is 3.96. The second kappa shape index (κ2) is 4.55. The van der Waals surface area contributed by atoms with Gasteiger partial charge in [-0.15, -0.1) is 10.2 Å². The molecule has 0 aliphatic rings. The Bertz CT molecular complexity index is 522. The van der Waals surface area contributed by atoms with E-state index in [2.05, 4.69) is 15.5 Å². The van der Waals surface area contributed by atoms with E-state index in [1.54, 1.807) is 6.07 Å². The van der Waals surface area contributed by atoms with Crippen molar-refractivity contribution in [3.8, 4) is 17.2 Å². The number of phenols is 1. The van der Waals surface area contributed by atoms with Gasteiger partial charge < -0.3 is 14.8 Å². The van der Waals surface area contributed by atoms with Gasteiger partial charge in [-0.25, -0.2) is 0 Å². The Labute approximate surface area is 99.5 Å². The molecule has 2 rings (SSSR count). The molecule has 5 heteroatoms. The number of rotatable bonds is 3. The molecule has 0 saturated carbocycles. The molecule has 2 aromatic rings. The van der Waals surface area contributed by atoms with Gasteiger partial charge in [0.25, 0.3) is 0 Å². The molecule has 0 fully saturated rings. The number of phenolic OH excluding ortho intramolecular Hbond substituents is 1. The Morgan fingerprint density at radius 1 is 1.35 bits per heavy atom. The number of aryl methyl sites for hydroxylation is 1. The van der Waals surface area contributed by atoms with Gasteiger partial charge in [0.2, 0.25) is 11.8 Å². The largest absolute Gasteiger partial charge is 0.508 e. The molecule has 0 radical (unpaired) electrons. The van der Waals surface area contributed by atoms with Crippen molar-refractivity contribution in [3.63, 3.8) is 0 Å². The van der Waals surface area contributed by atoms with E-state index in [0.29, 0.717) is 11.8 Å². The number of benzene rings is 1. The first-order valence-corrected chi connectivity index (χ1v) is 5.42. The van der Waals surface area contributed by atoms with Crippen molar-refractivity contribution in [2.24, 2.45) is 0 Å². The minimum absolute atomic E-state index is 0.00953. The number of hydrogen-bond donors (Lipinski definition) is 2. The number of hydrogen-bond acceptors (Lipinski definition) is 5. The summed E-state index contributed by atoms with van der Waals surface area (Å²) in [5.74, 6) is 1.17. The smallest absolute Gasteiger partial charge is 0.247 e. The lowest BCUT2D eigenvalue weighted by Crippen LogP contribution is -2.12. The molecular formula is C12H15N3O2. The van der Waals surface area contributed by atoms with Gasteiger partial charge in [0.15, 0.2) is 0 Å². The maximum atomic E-state index is 9.62. The maximum Gasteiger partial charge on any atom is 0.247 e. The van der Waals surface area contributed by atoms with Crippen molar-refractivity contribution in [1.29, 1.82) is 0 Å². The van der Waals surface area contributed by atoms with Crippen molar-refractivity contribution >= 4 is 0 Å². The maximum absolute atomic E-state index is 9.62. The molecule has 17 heavy (non-hydrogen) atoms. The molecule has 1 atom stereocenters. The number of nitrogens with one attached hydrogen (secondary N) is 1. The molecule has 0 saturated heterocycles. The van der Waals surface area contributed by atoms with Gasteiger partial charge in [0, 0.05) is 5.56 Å². The van der Waals surface area contributed by atoms with Gasteiger partial charge in [0.1, 0.15) is 5.75 Å². The van der Waals surface area contributed by atoms with Gasteiger partial charge in [-0.05, 0) is 38.6 Å². The molecular weight excluding hydrogens is 218 g/mol. The Kier molecular flexibility index (Phi) is 3.10. The lowest BCUT2D eigenvalue weighted by atomic mass is 10.1. The Morgan fingerprint density at radius 2 is 2.12 bits per heavy atom. The zero-order valence-corrected chi connectivity index (χ0v) is 10.1. The first kappa shape index (κ1) is 11.6. The third-order valence-electron chi connectivity index (χ3n) is 2.70. The van der Waals surface area contributed by atoms with E-state index in [9.17, 15) is 5.11 Å². The summed E-state index contributed by atoms with van der Waals surface area (Å²) in [6.07, 6.45) is 0. The monoisotopic (exact) mass is 233 g/mol. The fraction of sp³-hybridized carbons (Fsp3) is 0.333. The molecule has 1 aromatic carbocycles. The predicted molar refractivity (Wildman–Crippen MR) is 63.6 cm³/mol. The van der Waals surface area contributed by atoms with Crippen LogP contribution in [0, 0.1) is 6.92 Å². The highest BCUT2D eigenvalue weighted by Gasteiger charge is 2.13. The summed E-state index contributed by atoms with van der Waals surface area (Å²) < 4.78 is 5.52. The van der Waals surface area contributed by atoms with Crippen LogP contribution in [0.15, 0.2) is 22.6 Å². The highest BCUT2D eigenvalue weighted by Crippen LogP contribution is 2.25. The minimum Gasteiger partial charge on any atom is -0.508 e. The van der Waals surface area contributed by atoms with E-state index in [4.69, 9.17) is 4.42 Å². The molecule has 0 spiro atoms. The summed E-state index contributed by atoms with van der Waals surface area (Å²) in [6.45, 7) is 3.77. The van der Waals surface area contributed by atoms with Crippen molar-refractivity contribution in [2.75, 3.05) is 7.05 Å². The molecule has 1 aromatic heterocycles. The summed E-state index contributed by atoms with van der Waals surface area (Å²) in [7, 11) is 1.83. The van der Waals surface area contributed by atoms with E-state index in [-0.39, 0.29) is 11.8 Å². The quantitative estimate of drug-likeness (QED) is 0.848. The lowest BCUT2D eigenvalue weighted by Gasteiger charge is -2.03. The van der Waals surface area contributed by atoms with Gasteiger partial charge in [-0.2, -0.15) is 0 Å². The number of aromatic hydroxyl groups is 1. The zero-order valence-electron chi connectivity index (χ0n) is 10.1. The highest BCUT2D eigenvalue weighted by molar-refractivity contribution is 5.57. The number of aromatic nitrogens is 2. The average molecular weight is 233 g/mol. The van der Waals surface area contributed by atoms with Crippen LogP contribution in [0.4, 0.5) is 0 Å². The Morgan fingerprint density at radius 3 is 2.76 bits per heavy atom. The van der Waals surface area contributed by atoms with Crippen LogP contribution in [-0.4, -0.2) is 22.4 Å². The summed E-state index contributed by atoms with van der Waals surface area (Å²) in [4.78, 5) is 0. The summed E-state index contributed by atoms with van der Waals surface area (Å²) in [5.41, 5.74) is 1.53. The first-order valence-electron chi connectivity index (χ1n) is 5.42. The van der Waals surface area contributed by atoms with Crippen molar-refractivity contribution < 1.29 is 9.52 Å². The first-order chi connectivity index (χ1) is 8.11. The third-order valence-corrected chi connectivity index (χ3v) is 2.70. The topological polar surface area (TPSA) is 71.2 Å². The normalized spacial score (nSPS) is 12.6. The van der Waals surface area contributed by atoms with E-state index in [1.165, 1.54) is 0 Å². The van der Waals surface area contributed by atoms with Gasteiger partial charge in [-0.1, -0.05) is 6.07 Å². The van der Waals surface area contributed by atoms with Crippen LogP contribution in [0.3, 0.4) is 0 Å². The molecule has 2 N–H and O–H groups in total. The molecule has 0 aliphatic carbocycles. The Hall–Kier alpha value is -1.88. The summed E-state index contributed by atoms with van der Waals surface area (Å²) >= 11 is 0. The van der Waals surface area contributed by atoms with E-state index >= 15 is 0 Å². The lowest BCUT2D eigenvalue weighted by molar-refractivity contribution is 0.440. The average Bonchev–Trinajstić information content (AvgIpc) is 2.81. The van der Waals surface area contributed by atoms with Crippen LogP contribution < -0.4 is 5.32 Å². The van der Waals surface area contributed by atoms with Crippen LogP contribution in [-0.2, 0) is 0 Å². The summed E-state index contributed by atoms with van der Waals surface area (Å²) in [6, 6.07) is 5.29. The molecule has 0 bridgehead atoms. The molecule has 0 amide bonds. The summed E-state index contributed by atoms with van der Waals surface area (Å²) in [5, 5.41) is 20.6. The molecule has 0 aliphatic heterocycles. The van der Waals surface area contributed by atoms with Crippen LogP contribution >= 0.6 is 0 Å². The molecule has 1 heterocycles. The SMILES string of the molecule is CNC(C)c1nnc(-c2ccc(C)c(O)c2)o1. The standard InChI is InChI=1S/C12H15N3O2/c1-7-4-5-9(6-10(7)16)12-15-14-11(17-12)8(2)13-3/h4-6,8,13,16H,1-3H3. The molecule has 1 unspecified atom stereocenters. The highest BCUT2D eigenvalue weighted by atomic mass is 16.4. The van der Waals surface area contributed by atoms with E-state index < -0.39 is 0 Å². The van der Waals surface area contributed by atoms with Crippen LogP contribution in [0.25, 0.3) is 11.5 Å². The number of nitrogens with zero attached hydrogens (tertiary/aromatic N) is 2. The van der Waals surface area contributed by atoms with Crippen LogP contribution in [0.5, 0.6) is 5.75 Å². The fourth-order valence-electron chi connectivity index (χ4n) is 1.39. The van der Waals surface area contributed by atoms with Crippen LogP contribution in [0.1, 0.15) is 24.4 Å². The van der Waals surface area contributed by atoms with E-state index in [1.807, 2.05) is 33.0 Å².